The molecular weight excluding hydrogens is 432 g/mol. The second kappa shape index (κ2) is 11.5. The second-order valence-electron chi connectivity index (χ2n) is 5.71. The lowest BCUT2D eigenvalue weighted by Crippen LogP contribution is -2.18. The lowest BCUT2D eigenvalue weighted by molar-refractivity contribution is -0.145. The van der Waals surface area contributed by atoms with E-state index in [2.05, 4.69) is 15.9 Å². The van der Waals surface area contributed by atoms with Gasteiger partial charge >= 0.3 is 5.97 Å². The number of aliphatic carboxylic acids is 1. The summed E-state index contributed by atoms with van der Waals surface area (Å²) in [6.45, 7) is 1.52. The van der Waals surface area contributed by atoms with E-state index in [-0.39, 0.29) is 0 Å². The Morgan fingerprint density at radius 3 is 1.86 bits per heavy atom. The van der Waals surface area contributed by atoms with Crippen LogP contribution in [0.1, 0.15) is 11.7 Å². The van der Waals surface area contributed by atoms with E-state index in [4.69, 9.17) is 23.7 Å². The molecule has 0 spiro atoms. The zero-order valence-corrected chi connectivity index (χ0v) is 17.3. The molecule has 152 valence electrons. The van der Waals surface area contributed by atoms with Gasteiger partial charge in [0.05, 0.1) is 13.2 Å². The molecule has 1 unspecified atom stereocenters. The van der Waals surface area contributed by atoms with Gasteiger partial charge in [0.25, 0.3) is 0 Å². The normalized spacial score (nSPS) is 11.7. The number of hydrogen-bond donors (Lipinski definition) is 1. The zero-order valence-electron chi connectivity index (χ0n) is 15.7. The summed E-state index contributed by atoms with van der Waals surface area (Å²) in [5.41, 5.74) is 0.517. The Hall–Kier alpha value is -2.29. The number of hydrogen-bond acceptors (Lipinski definition) is 6. The van der Waals surface area contributed by atoms with Crippen molar-refractivity contribution in [3.05, 3.63) is 52.5 Å². The lowest BCUT2D eigenvalue weighted by Gasteiger charge is -2.18. The van der Waals surface area contributed by atoms with Crippen LogP contribution >= 0.6 is 15.9 Å². The van der Waals surface area contributed by atoms with Gasteiger partial charge in [-0.2, -0.15) is 0 Å². The third-order valence-corrected chi connectivity index (χ3v) is 4.15. The predicted octanol–water partition coefficient (Wildman–Crippen LogP) is 3.70. The molecule has 1 N–H and O–H groups in total. The number of carboxylic acids is 1. The van der Waals surface area contributed by atoms with Gasteiger partial charge in [-0.15, -0.1) is 0 Å². The topological polar surface area (TPSA) is 83.5 Å². The van der Waals surface area contributed by atoms with Gasteiger partial charge in [0.1, 0.15) is 30.5 Å². The summed E-state index contributed by atoms with van der Waals surface area (Å²) in [6, 6.07) is 11.8. The minimum atomic E-state index is -1.17. The van der Waals surface area contributed by atoms with Crippen molar-refractivity contribution in [2.24, 2.45) is 0 Å². The highest BCUT2D eigenvalue weighted by molar-refractivity contribution is 9.10. The molecule has 0 aromatic heterocycles. The minimum Gasteiger partial charge on any atom is -0.491 e. The Labute approximate surface area is 172 Å². The van der Waals surface area contributed by atoms with Gasteiger partial charge in [0.2, 0.25) is 6.10 Å². The van der Waals surface area contributed by atoms with Crippen molar-refractivity contribution >= 4 is 21.9 Å². The summed E-state index contributed by atoms with van der Waals surface area (Å²) in [5.74, 6) is 0.191. The average Bonchev–Trinajstić information content (AvgIpc) is 2.67. The largest absolute Gasteiger partial charge is 0.491 e. The third kappa shape index (κ3) is 7.03. The highest BCUT2D eigenvalue weighted by atomic mass is 79.9. The molecule has 7 nitrogen and oxygen atoms in total. The first-order chi connectivity index (χ1) is 13.5. The van der Waals surface area contributed by atoms with Gasteiger partial charge in [-0.25, -0.2) is 4.79 Å². The van der Waals surface area contributed by atoms with Crippen LogP contribution in [-0.4, -0.2) is 51.7 Å². The Kier molecular flexibility index (Phi) is 9.06. The zero-order chi connectivity index (χ0) is 20.4. The molecule has 0 aliphatic heterocycles. The summed E-state index contributed by atoms with van der Waals surface area (Å²) in [7, 11) is 3.16. The van der Waals surface area contributed by atoms with Crippen LogP contribution in [0.5, 0.6) is 17.2 Å². The first kappa shape index (κ1) is 22.0. The molecule has 0 fully saturated rings. The van der Waals surface area contributed by atoms with E-state index in [0.717, 1.165) is 4.47 Å². The van der Waals surface area contributed by atoms with E-state index in [9.17, 15) is 9.90 Å². The number of carboxylic acid groups (broad SMARTS) is 1. The molecule has 0 aliphatic rings. The molecule has 0 aliphatic carbocycles. The Morgan fingerprint density at radius 1 is 0.893 bits per heavy atom. The molecule has 2 aromatic rings. The third-order valence-electron chi connectivity index (χ3n) is 3.62. The molecule has 28 heavy (non-hydrogen) atoms. The molecule has 0 bridgehead atoms. The van der Waals surface area contributed by atoms with Crippen LogP contribution in [0.15, 0.2) is 46.9 Å². The Balaban J connectivity index is 2.23. The number of ether oxygens (including phenoxy) is 5. The van der Waals surface area contributed by atoms with Gasteiger partial charge in [-0.1, -0.05) is 28.1 Å². The highest BCUT2D eigenvalue weighted by Crippen LogP contribution is 2.31. The highest BCUT2D eigenvalue weighted by Gasteiger charge is 2.22. The van der Waals surface area contributed by atoms with Crippen LogP contribution in [0, 0.1) is 0 Å². The smallest absolute Gasteiger partial charge is 0.349 e. The second-order valence-corrected chi connectivity index (χ2v) is 6.63. The Morgan fingerprint density at radius 2 is 1.39 bits per heavy atom. The lowest BCUT2D eigenvalue weighted by atomic mass is 10.1. The van der Waals surface area contributed by atoms with Crippen molar-refractivity contribution in [1.29, 1.82) is 0 Å². The summed E-state index contributed by atoms with van der Waals surface area (Å²) in [5, 5.41) is 9.61. The number of halogens is 1. The van der Waals surface area contributed by atoms with Crippen molar-refractivity contribution in [3.63, 3.8) is 0 Å². The quantitative estimate of drug-likeness (QED) is 0.489. The molecule has 0 heterocycles. The molecular formula is C20H23BrO7. The van der Waals surface area contributed by atoms with Crippen LogP contribution in [0.25, 0.3) is 0 Å². The van der Waals surface area contributed by atoms with Crippen molar-refractivity contribution in [1.82, 2.24) is 0 Å². The fourth-order valence-corrected chi connectivity index (χ4v) is 2.57. The monoisotopic (exact) mass is 454 g/mol. The maximum atomic E-state index is 11.7. The first-order valence-corrected chi connectivity index (χ1v) is 9.36. The van der Waals surface area contributed by atoms with E-state index in [0.29, 0.717) is 49.2 Å². The average molecular weight is 455 g/mol. The Bertz CT molecular complexity index is 720. The number of carbonyl (C=O) groups is 1. The van der Waals surface area contributed by atoms with Gasteiger partial charge in [0.15, 0.2) is 0 Å². The summed E-state index contributed by atoms with van der Waals surface area (Å²) in [4.78, 5) is 11.7. The van der Waals surface area contributed by atoms with E-state index >= 15 is 0 Å². The maximum absolute atomic E-state index is 11.7. The first-order valence-electron chi connectivity index (χ1n) is 8.57. The molecule has 1 atom stereocenters. The standard InChI is InChI=1S/C20H23BrO7/c1-24-7-9-26-16-11-17(27-10-8-25-2)13-18(12-16)28-19(20(22)23)14-3-5-15(21)6-4-14/h3-6,11-13,19H,7-10H2,1-2H3,(H,22,23). The van der Waals surface area contributed by atoms with Crippen molar-refractivity contribution < 1.29 is 33.6 Å². The van der Waals surface area contributed by atoms with Crippen LogP contribution < -0.4 is 14.2 Å². The molecule has 0 saturated heterocycles. The number of methoxy groups -OCH3 is 2. The van der Waals surface area contributed by atoms with Crippen LogP contribution in [0.3, 0.4) is 0 Å². The van der Waals surface area contributed by atoms with Crippen molar-refractivity contribution in [2.45, 2.75) is 6.10 Å². The van der Waals surface area contributed by atoms with Crippen LogP contribution in [0.2, 0.25) is 0 Å². The van der Waals surface area contributed by atoms with Crippen LogP contribution in [0.4, 0.5) is 0 Å². The predicted molar refractivity (Wildman–Crippen MR) is 106 cm³/mol. The van der Waals surface area contributed by atoms with Gasteiger partial charge in [-0.3, -0.25) is 0 Å². The van der Waals surface area contributed by atoms with Crippen molar-refractivity contribution in [2.75, 3.05) is 40.6 Å². The van der Waals surface area contributed by atoms with Gasteiger partial charge < -0.3 is 28.8 Å². The van der Waals surface area contributed by atoms with Gasteiger partial charge in [0, 0.05) is 42.5 Å². The van der Waals surface area contributed by atoms with Crippen LogP contribution in [-0.2, 0) is 14.3 Å². The SMILES string of the molecule is COCCOc1cc(OCCOC)cc(OC(C(=O)O)c2ccc(Br)cc2)c1. The van der Waals surface area contributed by atoms with E-state index in [1.165, 1.54) is 0 Å². The molecule has 8 heteroatoms. The van der Waals surface area contributed by atoms with Gasteiger partial charge in [-0.05, 0) is 12.1 Å². The fraction of sp³-hybridized carbons (Fsp3) is 0.350. The fourth-order valence-electron chi connectivity index (χ4n) is 2.30. The number of benzene rings is 2. The molecule has 2 aromatic carbocycles. The maximum Gasteiger partial charge on any atom is 0.349 e. The summed E-state index contributed by atoms with van der Waals surface area (Å²) >= 11 is 3.34. The minimum absolute atomic E-state index is 0.317. The molecule has 2 rings (SSSR count). The molecule has 0 amide bonds. The van der Waals surface area contributed by atoms with E-state index < -0.39 is 12.1 Å². The van der Waals surface area contributed by atoms with E-state index in [1.807, 2.05) is 0 Å². The van der Waals surface area contributed by atoms with E-state index in [1.54, 1.807) is 56.7 Å². The summed E-state index contributed by atoms with van der Waals surface area (Å²) in [6.07, 6.45) is -1.17. The number of rotatable bonds is 12. The van der Waals surface area contributed by atoms with Crippen molar-refractivity contribution in [3.8, 4) is 17.2 Å². The summed E-state index contributed by atoms with van der Waals surface area (Å²) < 4.78 is 27.8. The molecule has 0 radical (unpaired) electrons. The molecule has 0 saturated carbocycles.